The summed E-state index contributed by atoms with van der Waals surface area (Å²) in [4.78, 5) is 0. The van der Waals surface area contributed by atoms with Crippen molar-refractivity contribution in [3.63, 3.8) is 0 Å². The normalized spacial score (nSPS) is 16.5. The molecule has 0 saturated heterocycles. The Morgan fingerprint density at radius 3 is 2.08 bits per heavy atom. The van der Waals surface area contributed by atoms with Gasteiger partial charge in [-0.3, -0.25) is 0 Å². The Labute approximate surface area is 226 Å². The van der Waals surface area contributed by atoms with Crippen molar-refractivity contribution in [2.45, 2.75) is 5.41 Å². The largest absolute Gasteiger partial charge is 0.457 e. The van der Waals surface area contributed by atoms with Crippen LogP contribution in [-0.4, -0.2) is 4.57 Å². The van der Waals surface area contributed by atoms with E-state index in [9.17, 15) is 0 Å². The van der Waals surface area contributed by atoms with E-state index < -0.39 is 5.41 Å². The third-order valence-electron chi connectivity index (χ3n) is 8.65. The quantitative estimate of drug-likeness (QED) is 0.220. The van der Waals surface area contributed by atoms with Gasteiger partial charge in [0.05, 0.1) is 22.1 Å². The van der Waals surface area contributed by atoms with Gasteiger partial charge in [-0.15, -0.1) is 0 Å². The molecule has 3 heterocycles. The molecule has 2 aliphatic heterocycles. The first-order chi connectivity index (χ1) is 19.4. The molecule has 2 heteroatoms. The van der Waals surface area contributed by atoms with Crippen LogP contribution in [-0.2, 0) is 5.41 Å². The van der Waals surface area contributed by atoms with E-state index >= 15 is 0 Å². The van der Waals surface area contributed by atoms with Crippen LogP contribution >= 0.6 is 0 Å². The van der Waals surface area contributed by atoms with Gasteiger partial charge in [0.2, 0.25) is 0 Å². The molecule has 39 heavy (non-hydrogen) atoms. The van der Waals surface area contributed by atoms with Gasteiger partial charge in [-0.2, -0.15) is 0 Å². The summed E-state index contributed by atoms with van der Waals surface area (Å²) in [5, 5.41) is 2.56. The minimum Gasteiger partial charge on any atom is -0.457 e. The minimum absolute atomic E-state index is 0.532. The lowest BCUT2D eigenvalue weighted by Crippen LogP contribution is -2.37. The highest BCUT2D eigenvalue weighted by molar-refractivity contribution is 6.12. The van der Waals surface area contributed by atoms with Crippen LogP contribution in [0, 0.1) is 0 Å². The second-order valence-electron chi connectivity index (χ2n) is 10.5. The second kappa shape index (κ2) is 7.49. The Hall–Kier alpha value is -5.08. The fourth-order valence-corrected chi connectivity index (χ4v) is 7.13. The van der Waals surface area contributed by atoms with Gasteiger partial charge >= 0.3 is 0 Å². The van der Waals surface area contributed by atoms with Gasteiger partial charge in [-0.25, -0.2) is 0 Å². The van der Waals surface area contributed by atoms with E-state index in [1.165, 1.54) is 60.9 Å². The zero-order valence-corrected chi connectivity index (χ0v) is 21.1. The monoisotopic (exact) mass is 497 g/mol. The number of nitrogens with zero attached hydrogens (tertiary/aromatic N) is 1. The topological polar surface area (TPSA) is 14.2 Å². The lowest BCUT2D eigenvalue weighted by Gasteiger charge is -2.45. The van der Waals surface area contributed by atoms with Crippen molar-refractivity contribution < 1.29 is 4.74 Å². The van der Waals surface area contributed by atoms with Crippen LogP contribution in [0.2, 0.25) is 0 Å². The van der Waals surface area contributed by atoms with Crippen molar-refractivity contribution >= 4 is 21.8 Å². The van der Waals surface area contributed by atoms with Gasteiger partial charge in [0, 0.05) is 21.9 Å². The number of hydrogen-bond donors (Lipinski definition) is 0. The predicted molar refractivity (Wildman–Crippen MR) is 158 cm³/mol. The van der Waals surface area contributed by atoms with Crippen molar-refractivity contribution in [1.29, 1.82) is 0 Å². The van der Waals surface area contributed by atoms with E-state index in [4.69, 9.17) is 4.74 Å². The van der Waals surface area contributed by atoms with Gasteiger partial charge in [-0.1, -0.05) is 109 Å². The molecule has 7 aromatic rings. The smallest absolute Gasteiger partial charge is 0.132 e. The molecule has 1 atom stereocenters. The molecule has 182 valence electrons. The minimum atomic E-state index is -0.532. The number of rotatable bonds is 1. The number of aromatic nitrogens is 1. The summed E-state index contributed by atoms with van der Waals surface area (Å²) in [7, 11) is 0. The van der Waals surface area contributed by atoms with Crippen molar-refractivity contribution in [1.82, 2.24) is 4.57 Å². The third-order valence-corrected chi connectivity index (χ3v) is 8.65. The second-order valence-corrected chi connectivity index (χ2v) is 10.5. The fourth-order valence-electron chi connectivity index (χ4n) is 7.13. The van der Waals surface area contributed by atoms with Crippen LogP contribution in [0.3, 0.4) is 0 Å². The molecule has 9 rings (SSSR count). The maximum absolute atomic E-state index is 6.65. The summed E-state index contributed by atoms with van der Waals surface area (Å²) < 4.78 is 9.12. The summed E-state index contributed by atoms with van der Waals surface area (Å²) >= 11 is 0. The Kier molecular flexibility index (Phi) is 4.02. The molecule has 0 fully saturated rings. The number of hydrogen-bond acceptors (Lipinski definition) is 1. The highest BCUT2D eigenvalue weighted by Crippen LogP contribution is 2.60. The van der Waals surface area contributed by atoms with Crippen molar-refractivity contribution in [3.05, 3.63) is 162 Å². The Morgan fingerprint density at radius 2 is 1.15 bits per heavy atom. The average molecular weight is 498 g/mol. The third kappa shape index (κ3) is 2.56. The first kappa shape index (κ1) is 20.9. The lowest BCUT2D eigenvalue weighted by atomic mass is 9.61. The van der Waals surface area contributed by atoms with Crippen molar-refractivity contribution in [3.8, 4) is 28.3 Å². The zero-order chi connectivity index (χ0) is 25.6. The van der Waals surface area contributed by atoms with E-state index in [1.807, 2.05) is 0 Å². The van der Waals surface area contributed by atoms with Crippen LogP contribution in [0.5, 0.6) is 11.5 Å². The summed E-state index contributed by atoms with van der Waals surface area (Å²) in [6, 6.07) is 50.4. The van der Waals surface area contributed by atoms with Crippen LogP contribution < -0.4 is 4.74 Å². The Bertz CT molecular complexity index is 2100. The number of para-hydroxylation sites is 4. The van der Waals surface area contributed by atoms with E-state index in [0.717, 1.165) is 11.5 Å². The molecule has 0 saturated carbocycles. The molecular weight excluding hydrogens is 474 g/mol. The van der Waals surface area contributed by atoms with Gasteiger partial charge in [0.1, 0.15) is 11.5 Å². The first-order valence-electron chi connectivity index (χ1n) is 13.5. The number of ether oxygens (including phenoxy) is 1. The molecule has 2 aliphatic rings. The van der Waals surface area contributed by atoms with Crippen LogP contribution in [0.25, 0.3) is 38.6 Å². The molecule has 1 spiro atoms. The first-order valence-corrected chi connectivity index (χ1v) is 13.5. The maximum Gasteiger partial charge on any atom is 0.132 e. The molecule has 2 nitrogen and oxygen atoms in total. The summed E-state index contributed by atoms with van der Waals surface area (Å²) in [6.07, 6.45) is 0. The summed E-state index contributed by atoms with van der Waals surface area (Å²) in [6.45, 7) is 0. The average Bonchev–Trinajstić information content (AvgIpc) is 3.35. The molecule has 0 N–H and O–H groups in total. The number of benzene rings is 6. The molecule has 0 bridgehead atoms. The SMILES string of the molecule is c1ccc(-c2ccc3c(c2)C2(c4ccccc4O3)c3ccccc3-n3c4ccccc4c4cccc2c43)cc1. The lowest BCUT2D eigenvalue weighted by molar-refractivity contribution is 0.434. The molecule has 0 amide bonds. The zero-order valence-electron chi connectivity index (χ0n) is 21.1. The summed E-state index contributed by atoms with van der Waals surface area (Å²) in [5.74, 6) is 1.82. The van der Waals surface area contributed by atoms with E-state index in [-0.39, 0.29) is 0 Å². The summed E-state index contributed by atoms with van der Waals surface area (Å²) in [5.41, 5.74) is 10.5. The van der Waals surface area contributed by atoms with Crippen LogP contribution in [0.4, 0.5) is 0 Å². The van der Waals surface area contributed by atoms with E-state index in [1.54, 1.807) is 0 Å². The Morgan fingerprint density at radius 1 is 0.462 bits per heavy atom. The van der Waals surface area contributed by atoms with Gasteiger partial charge in [0.15, 0.2) is 0 Å². The molecule has 1 aromatic heterocycles. The van der Waals surface area contributed by atoms with Gasteiger partial charge < -0.3 is 9.30 Å². The highest BCUT2D eigenvalue weighted by Gasteiger charge is 2.50. The van der Waals surface area contributed by atoms with Gasteiger partial charge in [-0.05, 0) is 52.6 Å². The fraction of sp³-hybridized carbons (Fsp3) is 0.0270. The molecule has 6 aromatic carbocycles. The van der Waals surface area contributed by atoms with Crippen LogP contribution in [0.15, 0.2) is 140 Å². The number of fused-ring (bicyclic) bond motifs is 11. The van der Waals surface area contributed by atoms with E-state index in [0.29, 0.717) is 0 Å². The standard InChI is InChI=1S/C37H23NO/c1-2-11-24(12-3-1)25-21-22-35-31(23-25)37(29-16-6-9-20-34(29)39-35)28-15-5-8-19-33(28)38-32-18-7-4-13-26(32)27-14-10-17-30(37)36(27)38/h1-23H. The molecule has 0 aliphatic carbocycles. The molecular formula is C37H23NO. The predicted octanol–water partition coefficient (Wildman–Crippen LogP) is 9.25. The van der Waals surface area contributed by atoms with Gasteiger partial charge in [0.25, 0.3) is 0 Å². The highest BCUT2D eigenvalue weighted by atomic mass is 16.5. The van der Waals surface area contributed by atoms with E-state index in [2.05, 4.69) is 144 Å². The Balaban J connectivity index is 1.52. The van der Waals surface area contributed by atoms with Crippen LogP contribution in [0.1, 0.15) is 22.3 Å². The van der Waals surface area contributed by atoms with Crippen molar-refractivity contribution in [2.75, 3.05) is 0 Å². The maximum atomic E-state index is 6.65. The molecule has 1 unspecified atom stereocenters. The molecule has 0 radical (unpaired) electrons. The van der Waals surface area contributed by atoms with Crippen molar-refractivity contribution in [2.24, 2.45) is 0 Å².